The zero-order valence-corrected chi connectivity index (χ0v) is 38.4. The smallest absolute Gasteiger partial charge is 0.269 e. The topological polar surface area (TPSA) is 247 Å². The Balaban J connectivity index is 1.04. The number of fused-ring (bicyclic) bond motifs is 2. The van der Waals surface area contributed by atoms with Gasteiger partial charge in [0.2, 0.25) is 5.88 Å². The average molecular weight is 915 g/mol. The molecule has 0 saturated heterocycles. The van der Waals surface area contributed by atoms with Crippen molar-refractivity contribution in [3.05, 3.63) is 145 Å². The van der Waals surface area contributed by atoms with Gasteiger partial charge in [0.1, 0.15) is 22.7 Å². The summed E-state index contributed by atoms with van der Waals surface area (Å²) in [5.41, 5.74) is 15.8. The molecule has 7 aromatic carbocycles. The van der Waals surface area contributed by atoms with E-state index in [4.69, 9.17) is 17.3 Å². The van der Waals surface area contributed by atoms with Crippen LogP contribution in [0.1, 0.15) is 44.6 Å². The number of rotatable bonds is 10. The fraction of sp³-hybridized carbons (Fsp3) is 0.163. The van der Waals surface area contributed by atoms with Crippen LogP contribution in [0.2, 0.25) is 5.02 Å². The van der Waals surface area contributed by atoms with Crippen LogP contribution >= 0.6 is 11.6 Å². The summed E-state index contributed by atoms with van der Waals surface area (Å²) in [6, 6.07) is 24.1. The summed E-state index contributed by atoms with van der Waals surface area (Å²) in [6.45, 7) is 14.5. The third kappa shape index (κ3) is 8.62. The summed E-state index contributed by atoms with van der Waals surface area (Å²) < 4.78 is 1.40. The van der Waals surface area contributed by atoms with Crippen LogP contribution in [0.5, 0.6) is 17.4 Å². The number of hydrogen-bond donors (Lipinski definition) is 4. The summed E-state index contributed by atoms with van der Waals surface area (Å²) in [5, 5.41) is 87.3. The molecule has 8 aromatic rings. The van der Waals surface area contributed by atoms with Crippen LogP contribution in [0.4, 0.5) is 56.9 Å². The van der Waals surface area contributed by atoms with Crippen LogP contribution in [-0.4, -0.2) is 30.0 Å². The number of nitro groups is 1. The van der Waals surface area contributed by atoms with Gasteiger partial charge in [0.25, 0.3) is 5.69 Å². The molecule has 0 fully saturated rings. The quantitative estimate of drug-likeness (QED) is 0.0447. The van der Waals surface area contributed by atoms with Gasteiger partial charge >= 0.3 is 0 Å². The molecule has 17 nitrogen and oxygen atoms in total. The zero-order chi connectivity index (χ0) is 48.0. The van der Waals surface area contributed by atoms with E-state index in [0.717, 1.165) is 22.1 Å². The molecule has 0 amide bonds. The van der Waals surface area contributed by atoms with E-state index in [1.807, 2.05) is 64.1 Å². The number of phenolic OH excluding ortho intramolecular Hbond substituents is 2. The highest BCUT2D eigenvalue weighted by Gasteiger charge is 2.20. The molecule has 0 spiro atoms. The SMILES string of the molecule is Cc1ccc(-n2nc(C)c(N=Nc3c(C)cc(N=Nc4c(C)cc5c(C)c(N=Nc6cc(C)c7cc(C)c(N=Nc8ccc([N+](=O)[O-])cc8C)c(O)c7c6N)ccc5c4O)cc3Cl)c2O)cc1. The highest BCUT2D eigenvalue weighted by Crippen LogP contribution is 2.47. The number of hydrogen-bond acceptors (Lipinski definition) is 15. The predicted molar refractivity (Wildman–Crippen MR) is 260 cm³/mol. The Morgan fingerprint density at radius 1 is 0.582 bits per heavy atom. The van der Waals surface area contributed by atoms with Gasteiger partial charge in [-0.25, -0.2) is 0 Å². The van der Waals surface area contributed by atoms with Crippen molar-refractivity contribution in [1.82, 2.24) is 9.78 Å². The fourth-order valence-corrected chi connectivity index (χ4v) is 7.99. The summed E-state index contributed by atoms with van der Waals surface area (Å²) >= 11 is 6.68. The number of benzene rings is 7. The third-order valence-electron chi connectivity index (χ3n) is 11.4. The molecule has 0 radical (unpaired) electrons. The molecule has 18 heteroatoms. The number of aryl methyl sites for hydroxylation is 8. The van der Waals surface area contributed by atoms with Crippen LogP contribution in [-0.2, 0) is 0 Å². The average Bonchev–Trinajstić information content (AvgIpc) is 3.56. The summed E-state index contributed by atoms with van der Waals surface area (Å²) in [5.74, 6) is -0.414. The van der Waals surface area contributed by atoms with Gasteiger partial charge in [-0.05, 0) is 160 Å². The molecule has 336 valence electrons. The molecule has 0 atom stereocenters. The van der Waals surface area contributed by atoms with Gasteiger partial charge < -0.3 is 21.1 Å². The van der Waals surface area contributed by atoms with Crippen molar-refractivity contribution in [2.75, 3.05) is 5.73 Å². The summed E-state index contributed by atoms with van der Waals surface area (Å²) in [6.07, 6.45) is 0. The van der Waals surface area contributed by atoms with Gasteiger partial charge in [-0.1, -0.05) is 29.3 Å². The van der Waals surface area contributed by atoms with E-state index >= 15 is 0 Å². The molecule has 0 saturated carbocycles. The minimum absolute atomic E-state index is 0.0622. The van der Waals surface area contributed by atoms with E-state index in [1.165, 1.54) is 22.9 Å². The molecule has 0 aliphatic rings. The second-order valence-corrected chi connectivity index (χ2v) is 16.7. The Labute approximate surface area is 388 Å². The molecule has 0 aliphatic carbocycles. The molecule has 1 aromatic heterocycles. The lowest BCUT2D eigenvalue weighted by atomic mass is 9.98. The molecule has 0 unspecified atom stereocenters. The number of nitro benzene ring substituents is 1. The van der Waals surface area contributed by atoms with Crippen molar-refractivity contribution in [3.8, 4) is 23.1 Å². The Kier molecular flexibility index (Phi) is 12.0. The van der Waals surface area contributed by atoms with Crippen LogP contribution in [0.3, 0.4) is 0 Å². The molecule has 67 heavy (non-hydrogen) atoms. The maximum atomic E-state index is 11.5. The van der Waals surface area contributed by atoms with E-state index in [2.05, 4.69) is 46.0 Å². The first kappa shape index (κ1) is 45.1. The zero-order valence-electron chi connectivity index (χ0n) is 37.6. The molecule has 8 rings (SSSR count). The summed E-state index contributed by atoms with van der Waals surface area (Å²) in [7, 11) is 0. The Morgan fingerprint density at radius 3 is 1.87 bits per heavy atom. The molecular weight excluding hydrogens is 872 g/mol. The highest BCUT2D eigenvalue weighted by molar-refractivity contribution is 6.33. The van der Waals surface area contributed by atoms with E-state index < -0.39 is 4.92 Å². The number of aromatic hydroxyl groups is 3. The molecule has 0 aliphatic heterocycles. The number of anilines is 1. The van der Waals surface area contributed by atoms with Crippen LogP contribution in [0.15, 0.2) is 126 Å². The van der Waals surface area contributed by atoms with Crippen molar-refractivity contribution >= 4 is 90.0 Å². The lowest BCUT2D eigenvalue weighted by molar-refractivity contribution is -0.384. The monoisotopic (exact) mass is 914 g/mol. The maximum Gasteiger partial charge on any atom is 0.269 e. The minimum atomic E-state index is -0.482. The Hall–Kier alpha value is -8.44. The van der Waals surface area contributed by atoms with E-state index in [0.29, 0.717) is 78.2 Å². The highest BCUT2D eigenvalue weighted by atomic mass is 35.5. The largest absolute Gasteiger partial charge is 0.505 e. The second-order valence-electron chi connectivity index (χ2n) is 16.3. The standard InChI is InChI=1S/C49H43ClN12O5/c1-23-9-11-32(12-10-23)61-49(65)46(30(8)60-61)59-56-43-26(4)17-31(22-37(43)50)52-57-44-28(6)20-36-29(7)39(16-14-34(36)47(44)63)54-55-40-21-24(2)35-19-27(5)45(48(64)41(35)42(40)51)58-53-38-15-13-33(62(66)67)18-25(38)3/h9-22,63-65H,51H2,1-8H3. The number of nitrogen functional groups attached to an aromatic ring is 1. The van der Waals surface area contributed by atoms with Gasteiger partial charge in [0.05, 0.1) is 49.5 Å². The van der Waals surface area contributed by atoms with Gasteiger partial charge in [0.15, 0.2) is 17.2 Å². The van der Waals surface area contributed by atoms with Gasteiger partial charge in [0, 0.05) is 17.5 Å². The predicted octanol–water partition coefficient (Wildman–Crippen LogP) is 15.6. The van der Waals surface area contributed by atoms with Crippen LogP contribution in [0, 0.1) is 65.5 Å². The fourth-order valence-electron chi connectivity index (χ4n) is 7.69. The lowest BCUT2D eigenvalue weighted by Gasteiger charge is -2.14. The van der Waals surface area contributed by atoms with Crippen LogP contribution in [0.25, 0.3) is 27.2 Å². The maximum absolute atomic E-state index is 11.5. The molecule has 1 heterocycles. The van der Waals surface area contributed by atoms with Gasteiger partial charge in [-0.3, -0.25) is 10.1 Å². The first-order valence-corrected chi connectivity index (χ1v) is 21.2. The number of phenols is 2. The number of non-ortho nitro benzene ring substituents is 1. The molecule has 5 N–H and O–H groups in total. The molecule has 0 bridgehead atoms. The minimum Gasteiger partial charge on any atom is -0.505 e. The third-order valence-corrected chi connectivity index (χ3v) is 11.7. The number of nitrogens with two attached hydrogens (primary N) is 1. The normalized spacial score (nSPS) is 12.1. The molecular formula is C49H43ClN12O5. The van der Waals surface area contributed by atoms with Gasteiger partial charge in [-0.2, -0.15) is 25.1 Å². The second kappa shape index (κ2) is 17.9. The van der Waals surface area contributed by atoms with Crippen molar-refractivity contribution < 1.29 is 20.2 Å². The first-order valence-electron chi connectivity index (χ1n) is 20.8. The number of azo groups is 4. The number of halogens is 1. The van der Waals surface area contributed by atoms with Crippen molar-refractivity contribution in [2.24, 2.45) is 40.9 Å². The Morgan fingerprint density at radius 2 is 1.18 bits per heavy atom. The number of nitrogens with zero attached hydrogens (tertiary/aromatic N) is 11. The first-order chi connectivity index (χ1) is 31.9. The number of aromatic nitrogens is 2. The van der Waals surface area contributed by atoms with Gasteiger partial charge in [-0.15, -0.1) is 25.6 Å². The summed E-state index contributed by atoms with van der Waals surface area (Å²) in [4.78, 5) is 10.7. The lowest BCUT2D eigenvalue weighted by Crippen LogP contribution is -1.95. The van der Waals surface area contributed by atoms with Crippen LogP contribution < -0.4 is 5.73 Å². The van der Waals surface area contributed by atoms with E-state index in [-0.39, 0.29) is 50.8 Å². The van der Waals surface area contributed by atoms with Crippen molar-refractivity contribution in [1.29, 1.82) is 0 Å². The van der Waals surface area contributed by atoms with Crippen molar-refractivity contribution in [2.45, 2.75) is 55.4 Å². The van der Waals surface area contributed by atoms with Crippen molar-refractivity contribution in [3.63, 3.8) is 0 Å². The van der Waals surface area contributed by atoms with E-state index in [1.54, 1.807) is 58.0 Å². The van der Waals surface area contributed by atoms with E-state index in [9.17, 15) is 25.4 Å². The Bertz CT molecular complexity index is 3470.